The summed E-state index contributed by atoms with van der Waals surface area (Å²) in [6.07, 6.45) is 0.824. The van der Waals surface area contributed by atoms with Crippen molar-refractivity contribution in [1.82, 2.24) is 5.32 Å². The lowest BCUT2D eigenvalue weighted by molar-refractivity contribution is -0.384. The van der Waals surface area contributed by atoms with Gasteiger partial charge in [0.05, 0.1) is 4.92 Å². The first-order valence-corrected chi connectivity index (χ1v) is 7.24. The van der Waals surface area contributed by atoms with E-state index in [1.54, 1.807) is 18.2 Å². The summed E-state index contributed by atoms with van der Waals surface area (Å²) in [6.45, 7) is 4.95. The summed E-state index contributed by atoms with van der Waals surface area (Å²) in [5.74, 6) is 0.362. The van der Waals surface area contributed by atoms with Gasteiger partial charge in [-0.15, -0.1) is 0 Å². The minimum Gasteiger partial charge on any atom is -0.382 e. The molecule has 0 aliphatic rings. The van der Waals surface area contributed by atoms with Gasteiger partial charge < -0.3 is 21.1 Å². The van der Waals surface area contributed by atoms with Crippen LogP contribution in [-0.4, -0.2) is 43.7 Å². The van der Waals surface area contributed by atoms with Gasteiger partial charge in [-0.05, 0) is 19.4 Å². The van der Waals surface area contributed by atoms with E-state index >= 15 is 0 Å². The van der Waals surface area contributed by atoms with Gasteiger partial charge in [-0.3, -0.25) is 15.1 Å². The number of benzene rings is 1. The Hall–Kier alpha value is -2.35. The number of guanidine groups is 1. The number of para-hydroxylation sites is 2. The van der Waals surface area contributed by atoms with Gasteiger partial charge in [-0.1, -0.05) is 12.1 Å². The lowest BCUT2D eigenvalue weighted by Gasteiger charge is -2.08. The number of anilines is 1. The second kappa shape index (κ2) is 10.4. The van der Waals surface area contributed by atoms with Gasteiger partial charge in [-0.25, -0.2) is 0 Å². The Morgan fingerprint density at radius 3 is 2.91 bits per heavy atom. The average molecular weight is 309 g/mol. The van der Waals surface area contributed by atoms with E-state index in [9.17, 15) is 10.1 Å². The van der Waals surface area contributed by atoms with Crippen LogP contribution in [0.2, 0.25) is 0 Å². The van der Waals surface area contributed by atoms with Gasteiger partial charge >= 0.3 is 0 Å². The standard InChI is InChI=1S/C14H23N5O3/c1-2-22-11-5-8-17-14(15)18-10-9-16-12-6-3-4-7-13(12)19(20)21/h3-4,6-7,16H,2,5,8-11H2,1H3,(H3,15,17,18). The van der Waals surface area contributed by atoms with Crippen LogP contribution < -0.4 is 16.4 Å². The largest absolute Gasteiger partial charge is 0.382 e. The second-order valence-electron chi connectivity index (χ2n) is 4.45. The van der Waals surface area contributed by atoms with E-state index in [0.29, 0.717) is 44.5 Å². The van der Waals surface area contributed by atoms with Crippen molar-refractivity contribution in [3.63, 3.8) is 0 Å². The Balaban J connectivity index is 2.25. The smallest absolute Gasteiger partial charge is 0.292 e. The molecule has 8 nitrogen and oxygen atoms in total. The molecule has 0 spiro atoms. The Morgan fingerprint density at radius 1 is 1.41 bits per heavy atom. The number of nitro benzene ring substituents is 1. The molecule has 0 atom stereocenters. The van der Waals surface area contributed by atoms with Crippen LogP contribution in [0.1, 0.15) is 13.3 Å². The molecule has 0 heterocycles. The molecular formula is C14H23N5O3. The van der Waals surface area contributed by atoms with E-state index in [0.717, 1.165) is 6.42 Å². The highest BCUT2D eigenvalue weighted by Crippen LogP contribution is 2.22. The minimum absolute atomic E-state index is 0.0556. The third-order valence-corrected chi connectivity index (χ3v) is 2.78. The zero-order chi connectivity index (χ0) is 16.2. The SMILES string of the molecule is CCOCCCN=C(N)NCCNc1ccccc1[N+](=O)[O-]. The molecule has 122 valence electrons. The number of nitro groups is 1. The Kier molecular flexibility index (Phi) is 8.36. The first-order valence-electron chi connectivity index (χ1n) is 7.24. The van der Waals surface area contributed by atoms with Crippen molar-refractivity contribution < 1.29 is 9.66 Å². The lowest BCUT2D eigenvalue weighted by Crippen LogP contribution is -2.35. The van der Waals surface area contributed by atoms with E-state index in [4.69, 9.17) is 10.5 Å². The van der Waals surface area contributed by atoms with Crippen LogP contribution in [0.5, 0.6) is 0 Å². The summed E-state index contributed by atoms with van der Waals surface area (Å²) < 4.78 is 5.20. The average Bonchev–Trinajstić information content (AvgIpc) is 2.51. The van der Waals surface area contributed by atoms with Gasteiger partial charge in [0.15, 0.2) is 5.96 Å². The van der Waals surface area contributed by atoms with Crippen LogP contribution >= 0.6 is 0 Å². The topological polar surface area (TPSA) is 115 Å². The van der Waals surface area contributed by atoms with Crippen molar-refractivity contribution in [2.24, 2.45) is 10.7 Å². The Morgan fingerprint density at radius 2 is 2.18 bits per heavy atom. The molecule has 1 aromatic rings. The first-order chi connectivity index (χ1) is 10.6. The first kappa shape index (κ1) is 17.7. The number of aliphatic imine (C=N–C) groups is 1. The molecular weight excluding hydrogens is 286 g/mol. The number of ether oxygens (including phenoxy) is 1. The Labute approximate surface area is 129 Å². The maximum Gasteiger partial charge on any atom is 0.292 e. The summed E-state index contributed by atoms with van der Waals surface area (Å²) in [7, 11) is 0. The van der Waals surface area contributed by atoms with Crippen molar-refractivity contribution in [2.45, 2.75) is 13.3 Å². The number of nitrogens with one attached hydrogen (secondary N) is 2. The summed E-state index contributed by atoms with van der Waals surface area (Å²) in [6, 6.07) is 6.51. The van der Waals surface area contributed by atoms with Crippen molar-refractivity contribution in [3.05, 3.63) is 34.4 Å². The van der Waals surface area contributed by atoms with E-state index in [1.807, 2.05) is 6.92 Å². The molecule has 4 N–H and O–H groups in total. The summed E-state index contributed by atoms with van der Waals surface area (Å²) in [5.41, 5.74) is 6.25. The molecule has 0 aliphatic heterocycles. The molecule has 1 rings (SSSR count). The maximum absolute atomic E-state index is 10.9. The summed E-state index contributed by atoms with van der Waals surface area (Å²) in [4.78, 5) is 14.6. The molecule has 0 saturated carbocycles. The van der Waals surface area contributed by atoms with Crippen molar-refractivity contribution in [3.8, 4) is 0 Å². The lowest BCUT2D eigenvalue weighted by atomic mass is 10.2. The molecule has 0 saturated heterocycles. The third kappa shape index (κ3) is 6.89. The van der Waals surface area contributed by atoms with Crippen LogP contribution in [0, 0.1) is 10.1 Å². The van der Waals surface area contributed by atoms with Crippen molar-refractivity contribution >= 4 is 17.3 Å². The molecule has 0 bridgehead atoms. The fourth-order valence-corrected chi connectivity index (χ4v) is 1.74. The zero-order valence-corrected chi connectivity index (χ0v) is 12.7. The van der Waals surface area contributed by atoms with Gasteiger partial charge in [0.1, 0.15) is 5.69 Å². The Bertz CT molecular complexity index is 493. The number of hydrogen-bond acceptors (Lipinski definition) is 5. The van der Waals surface area contributed by atoms with E-state index in [-0.39, 0.29) is 5.69 Å². The van der Waals surface area contributed by atoms with Crippen LogP contribution in [0.3, 0.4) is 0 Å². The molecule has 0 amide bonds. The second-order valence-corrected chi connectivity index (χ2v) is 4.45. The fraction of sp³-hybridized carbons (Fsp3) is 0.500. The van der Waals surface area contributed by atoms with Crippen LogP contribution in [0.25, 0.3) is 0 Å². The predicted octanol–water partition coefficient (Wildman–Crippen LogP) is 1.34. The highest BCUT2D eigenvalue weighted by molar-refractivity contribution is 5.77. The molecule has 0 aromatic heterocycles. The highest BCUT2D eigenvalue weighted by Gasteiger charge is 2.10. The number of rotatable bonds is 10. The molecule has 0 fully saturated rings. The van der Waals surface area contributed by atoms with Crippen LogP contribution in [0.15, 0.2) is 29.3 Å². The van der Waals surface area contributed by atoms with Crippen LogP contribution in [-0.2, 0) is 4.74 Å². The molecule has 1 aromatic carbocycles. The molecule has 8 heteroatoms. The maximum atomic E-state index is 10.9. The fourth-order valence-electron chi connectivity index (χ4n) is 1.74. The van der Waals surface area contributed by atoms with Gasteiger partial charge in [-0.2, -0.15) is 0 Å². The van der Waals surface area contributed by atoms with E-state index in [1.165, 1.54) is 6.07 Å². The molecule has 0 radical (unpaired) electrons. The van der Waals surface area contributed by atoms with Crippen molar-refractivity contribution in [1.29, 1.82) is 0 Å². The highest BCUT2D eigenvalue weighted by atomic mass is 16.6. The van der Waals surface area contributed by atoms with E-state index < -0.39 is 4.92 Å². The number of nitrogens with zero attached hydrogens (tertiary/aromatic N) is 2. The van der Waals surface area contributed by atoms with E-state index in [2.05, 4.69) is 15.6 Å². The third-order valence-electron chi connectivity index (χ3n) is 2.78. The van der Waals surface area contributed by atoms with Crippen LogP contribution in [0.4, 0.5) is 11.4 Å². The van der Waals surface area contributed by atoms with Gasteiger partial charge in [0.25, 0.3) is 5.69 Å². The minimum atomic E-state index is -0.413. The normalized spacial score (nSPS) is 11.2. The van der Waals surface area contributed by atoms with Crippen molar-refractivity contribution in [2.75, 3.05) is 38.2 Å². The molecule has 0 unspecified atom stereocenters. The quantitative estimate of drug-likeness (QED) is 0.197. The number of nitrogens with two attached hydrogens (primary N) is 1. The zero-order valence-electron chi connectivity index (χ0n) is 12.7. The summed E-state index contributed by atoms with van der Waals surface area (Å²) >= 11 is 0. The van der Waals surface area contributed by atoms with Gasteiger partial charge in [0.2, 0.25) is 0 Å². The molecule has 0 aliphatic carbocycles. The predicted molar refractivity (Wildman–Crippen MR) is 87.2 cm³/mol. The van der Waals surface area contributed by atoms with Gasteiger partial charge in [0, 0.05) is 38.9 Å². The summed E-state index contributed by atoms with van der Waals surface area (Å²) in [5, 5.41) is 16.8. The monoisotopic (exact) mass is 309 g/mol. The number of hydrogen-bond donors (Lipinski definition) is 3. The molecule has 22 heavy (non-hydrogen) atoms.